The molecule has 1 saturated heterocycles. The molecule has 15 nitrogen and oxygen atoms in total. The number of carbonyl (C=O) groups excluding carboxylic acids is 1. The highest BCUT2D eigenvalue weighted by atomic mass is 16.7. The van der Waals surface area contributed by atoms with Crippen molar-refractivity contribution in [2.24, 2.45) is 5.92 Å². The van der Waals surface area contributed by atoms with Crippen molar-refractivity contribution in [1.82, 2.24) is 21.0 Å². The summed E-state index contributed by atoms with van der Waals surface area (Å²) in [5.74, 6) is 1.50. The minimum atomic E-state index is -0.417. The van der Waals surface area contributed by atoms with Gasteiger partial charge in [0.25, 0.3) is 5.69 Å². The van der Waals surface area contributed by atoms with Crippen LogP contribution in [-0.2, 0) is 19.1 Å². The van der Waals surface area contributed by atoms with Crippen molar-refractivity contribution in [1.29, 1.82) is 0 Å². The fraction of sp³-hybridized carbons (Fsp3) is 0.522. The van der Waals surface area contributed by atoms with E-state index in [0.717, 1.165) is 17.9 Å². The number of para-hydroxylation sites is 1. The van der Waals surface area contributed by atoms with Gasteiger partial charge in [-0.1, -0.05) is 25.1 Å². The molecule has 38 heavy (non-hydrogen) atoms. The Morgan fingerprint density at radius 1 is 1.34 bits per heavy atom. The second-order valence-corrected chi connectivity index (χ2v) is 8.94. The number of benzene rings is 1. The van der Waals surface area contributed by atoms with Crippen molar-refractivity contribution < 1.29 is 24.0 Å². The molecule has 1 aromatic carbocycles. The molecule has 1 fully saturated rings. The Bertz CT molecular complexity index is 1070. The van der Waals surface area contributed by atoms with Crippen LogP contribution in [0.1, 0.15) is 27.2 Å². The molecule has 4 rings (SSSR count). The monoisotopic (exact) mass is 533 g/mol. The predicted octanol–water partition coefficient (Wildman–Crippen LogP) is 1.61. The minimum absolute atomic E-state index is 0.00782. The number of nitro groups is 1. The number of hydrazine groups is 1. The van der Waals surface area contributed by atoms with Crippen LogP contribution in [0.25, 0.3) is 0 Å². The molecule has 208 valence electrons. The number of esters is 1. The molecular weight excluding hydrogens is 498 g/mol. The summed E-state index contributed by atoms with van der Waals surface area (Å²) in [4.78, 5) is 37.0. The first-order chi connectivity index (χ1) is 18.2. The maximum Gasteiger partial charge on any atom is 0.321 e. The number of carbonyl (C=O) groups is 1. The maximum absolute atomic E-state index is 11.4. The Morgan fingerprint density at radius 3 is 2.71 bits per heavy atom. The highest BCUT2D eigenvalue weighted by Gasteiger charge is 2.40. The third-order valence-corrected chi connectivity index (χ3v) is 5.58. The van der Waals surface area contributed by atoms with Gasteiger partial charge in [0.15, 0.2) is 11.6 Å². The van der Waals surface area contributed by atoms with Crippen LogP contribution in [0.3, 0.4) is 0 Å². The number of rotatable bonds is 10. The van der Waals surface area contributed by atoms with Gasteiger partial charge in [0.05, 0.1) is 30.4 Å². The van der Waals surface area contributed by atoms with Crippen LogP contribution < -0.4 is 32.3 Å². The molecule has 2 aromatic rings. The molecule has 0 radical (unpaired) electrons. The molecule has 0 spiro atoms. The summed E-state index contributed by atoms with van der Waals surface area (Å²) in [6, 6.07) is 7.93. The van der Waals surface area contributed by atoms with Crippen molar-refractivity contribution in [3.8, 4) is 0 Å². The number of nitrogen functional groups attached to an aromatic ring is 1. The second-order valence-electron chi connectivity index (χ2n) is 8.94. The van der Waals surface area contributed by atoms with E-state index in [1.807, 2.05) is 4.90 Å². The van der Waals surface area contributed by atoms with E-state index in [0.29, 0.717) is 19.1 Å². The standard InChI is InChI=1S/C17H30N8O4.C6H5NO2/c1-9(2)28-12(26)6-21-24-27-7-11-5-10(3)16(29-11)25-8-20-13-14(19-4)22-17(18)23-15(13)25;8-7(9)6-4-2-1-3-5-6/h9-11,16,20-21,24H,5-8H2,1-4H3,(H3,18,19,22,23);1-5H. The number of nitrogens with one attached hydrogen (secondary N) is 4. The molecular formula is C23H35N9O6. The molecule has 0 bridgehead atoms. The quantitative estimate of drug-likeness (QED) is 0.128. The van der Waals surface area contributed by atoms with Crippen molar-refractivity contribution >= 4 is 34.9 Å². The first-order valence-electron chi connectivity index (χ1n) is 12.2. The normalized spacial score (nSPS) is 19.8. The first kappa shape index (κ1) is 28.8. The number of hydrogen-bond acceptors (Lipinski definition) is 14. The van der Waals surface area contributed by atoms with Gasteiger partial charge in [0.2, 0.25) is 5.95 Å². The van der Waals surface area contributed by atoms with Gasteiger partial charge < -0.3 is 30.7 Å². The Kier molecular flexibility index (Phi) is 10.3. The van der Waals surface area contributed by atoms with Gasteiger partial charge in [-0.25, -0.2) is 5.43 Å². The Labute approximate surface area is 220 Å². The number of nitrogens with two attached hydrogens (primary N) is 1. The van der Waals surface area contributed by atoms with E-state index in [1.165, 1.54) is 12.1 Å². The van der Waals surface area contributed by atoms with Crippen LogP contribution in [-0.4, -0.2) is 66.2 Å². The van der Waals surface area contributed by atoms with E-state index < -0.39 is 4.92 Å². The van der Waals surface area contributed by atoms with E-state index in [1.54, 1.807) is 39.1 Å². The molecule has 6 N–H and O–H groups in total. The number of hydrogen-bond donors (Lipinski definition) is 5. The van der Waals surface area contributed by atoms with Crippen LogP contribution in [0.15, 0.2) is 30.3 Å². The van der Waals surface area contributed by atoms with Gasteiger partial charge in [-0.2, -0.15) is 9.97 Å². The van der Waals surface area contributed by atoms with Crippen LogP contribution in [0.5, 0.6) is 0 Å². The van der Waals surface area contributed by atoms with E-state index >= 15 is 0 Å². The molecule has 0 amide bonds. The molecule has 3 atom stereocenters. The SMILES string of the molecule is CNc1nc(N)nc2c1NCN2C1OC(CONNCC(=O)OC(C)C)CC1C.O=[N+]([O-])c1ccccc1. The number of ether oxygens (including phenoxy) is 2. The molecule has 1 aromatic heterocycles. The summed E-state index contributed by atoms with van der Waals surface area (Å²) in [7, 11) is 1.79. The fourth-order valence-corrected chi connectivity index (χ4v) is 4.02. The van der Waals surface area contributed by atoms with Crippen molar-refractivity contribution in [3.05, 3.63) is 40.4 Å². The number of aromatic nitrogens is 2. The number of nitrogens with zero attached hydrogens (tertiary/aromatic N) is 4. The summed E-state index contributed by atoms with van der Waals surface area (Å²) in [6.45, 7) is 6.61. The lowest BCUT2D eigenvalue weighted by Gasteiger charge is -2.27. The molecule has 2 aliphatic rings. The van der Waals surface area contributed by atoms with E-state index in [2.05, 4.69) is 38.5 Å². The van der Waals surface area contributed by atoms with Gasteiger partial charge in [-0.3, -0.25) is 19.7 Å². The smallest absolute Gasteiger partial charge is 0.321 e. The Balaban J connectivity index is 0.000000375. The molecule has 3 unspecified atom stereocenters. The first-order valence-corrected chi connectivity index (χ1v) is 12.2. The highest BCUT2D eigenvalue weighted by Crippen LogP contribution is 2.40. The molecule has 3 heterocycles. The van der Waals surface area contributed by atoms with Crippen LogP contribution >= 0.6 is 0 Å². The van der Waals surface area contributed by atoms with Crippen LogP contribution in [0.4, 0.5) is 29.0 Å². The lowest BCUT2D eigenvalue weighted by atomic mass is 10.1. The van der Waals surface area contributed by atoms with E-state index in [-0.39, 0.29) is 48.5 Å². The summed E-state index contributed by atoms with van der Waals surface area (Å²) >= 11 is 0. The number of nitro benzene ring substituents is 1. The molecule has 2 aliphatic heterocycles. The van der Waals surface area contributed by atoms with Gasteiger partial charge in [0, 0.05) is 25.1 Å². The summed E-state index contributed by atoms with van der Waals surface area (Å²) in [5, 5.41) is 16.3. The second kappa shape index (κ2) is 13.7. The zero-order valence-corrected chi connectivity index (χ0v) is 21.8. The Hall–Kier alpha value is -3.79. The molecule has 0 aliphatic carbocycles. The van der Waals surface area contributed by atoms with Crippen LogP contribution in [0, 0.1) is 16.0 Å². The highest BCUT2D eigenvalue weighted by molar-refractivity contribution is 5.82. The number of non-ortho nitro benzene ring substituents is 1. The van der Waals surface area contributed by atoms with Crippen molar-refractivity contribution in [2.75, 3.05) is 48.1 Å². The molecule has 15 heteroatoms. The lowest BCUT2D eigenvalue weighted by molar-refractivity contribution is -0.384. The van der Waals surface area contributed by atoms with Gasteiger partial charge in [-0.15, -0.1) is 5.59 Å². The summed E-state index contributed by atoms with van der Waals surface area (Å²) in [6.07, 6.45) is 0.419. The van der Waals surface area contributed by atoms with E-state index in [4.69, 9.17) is 20.0 Å². The topological polar surface area (TPSA) is 191 Å². The molecule has 0 saturated carbocycles. The Morgan fingerprint density at radius 2 is 2.08 bits per heavy atom. The lowest BCUT2D eigenvalue weighted by Crippen LogP contribution is -2.40. The third kappa shape index (κ3) is 7.85. The predicted molar refractivity (Wildman–Crippen MR) is 141 cm³/mol. The third-order valence-electron chi connectivity index (χ3n) is 5.58. The summed E-state index contributed by atoms with van der Waals surface area (Å²) < 4.78 is 11.2. The largest absolute Gasteiger partial charge is 0.462 e. The van der Waals surface area contributed by atoms with Gasteiger partial charge in [0.1, 0.15) is 18.5 Å². The average molecular weight is 534 g/mol. The number of anilines is 4. The maximum atomic E-state index is 11.4. The minimum Gasteiger partial charge on any atom is -0.462 e. The zero-order valence-electron chi connectivity index (χ0n) is 21.8. The fourth-order valence-electron chi connectivity index (χ4n) is 4.02. The zero-order chi connectivity index (χ0) is 27.7. The van der Waals surface area contributed by atoms with Gasteiger partial charge in [-0.05, 0) is 20.3 Å². The summed E-state index contributed by atoms with van der Waals surface area (Å²) in [5.41, 5.74) is 12.0. The van der Waals surface area contributed by atoms with Crippen LogP contribution in [0.2, 0.25) is 0 Å². The van der Waals surface area contributed by atoms with Crippen molar-refractivity contribution in [3.63, 3.8) is 0 Å². The van der Waals surface area contributed by atoms with E-state index in [9.17, 15) is 14.9 Å². The van der Waals surface area contributed by atoms with Crippen molar-refractivity contribution in [2.45, 2.75) is 45.6 Å². The number of fused-ring (bicyclic) bond motifs is 1. The average Bonchev–Trinajstić information content (AvgIpc) is 3.46. The van der Waals surface area contributed by atoms with Gasteiger partial charge >= 0.3 is 5.97 Å².